The van der Waals surface area contributed by atoms with Crippen LogP contribution in [0, 0.1) is 0 Å². The van der Waals surface area contributed by atoms with Gasteiger partial charge in [0.1, 0.15) is 11.7 Å². The average molecular weight is 418 g/mol. The van der Waals surface area contributed by atoms with Crippen molar-refractivity contribution in [3.8, 4) is 0 Å². The van der Waals surface area contributed by atoms with Gasteiger partial charge < -0.3 is 9.38 Å². The van der Waals surface area contributed by atoms with Gasteiger partial charge in [-0.25, -0.2) is 0 Å². The fourth-order valence-electron chi connectivity index (χ4n) is 3.90. The zero-order valence-corrected chi connectivity index (χ0v) is 19.2. The number of aryl methyl sites for hydroxylation is 1. The van der Waals surface area contributed by atoms with Crippen LogP contribution in [-0.2, 0) is 13.5 Å². The molecule has 1 aliphatic rings. The minimum absolute atomic E-state index is 0.891. The second-order valence-corrected chi connectivity index (χ2v) is 10.00. The minimum Gasteiger partial charge on any atom is -0.347 e. The third-order valence-electron chi connectivity index (χ3n) is 5.52. The van der Waals surface area contributed by atoms with Crippen molar-refractivity contribution >= 4 is 32.8 Å². The van der Waals surface area contributed by atoms with Gasteiger partial charge in [-0.1, -0.05) is 41.7 Å². The molecule has 0 fully saturated rings. The van der Waals surface area contributed by atoms with Crippen molar-refractivity contribution in [2.45, 2.75) is 12.8 Å². The molecule has 4 heteroatoms. The van der Waals surface area contributed by atoms with E-state index in [0.29, 0.717) is 0 Å². The van der Waals surface area contributed by atoms with E-state index in [1.165, 1.54) is 39.4 Å². The lowest BCUT2D eigenvalue weighted by Gasteiger charge is -2.29. The first kappa shape index (κ1) is 20.6. The molecule has 0 saturated heterocycles. The molecule has 0 atom stereocenters. The number of fused-ring (bicyclic) bond motifs is 2. The number of hydrogen-bond acceptors (Lipinski definition) is 2. The Bertz CT molecular complexity index is 1140. The molecule has 0 unspecified atom stereocenters. The maximum atomic E-state index is 3.57. The summed E-state index contributed by atoms with van der Waals surface area (Å²) in [6.45, 7) is 2.21. The van der Waals surface area contributed by atoms with Crippen molar-refractivity contribution in [3.63, 3.8) is 0 Å². The minimum atomic E-state index is 0.891. The maximum Gasteiger partial charge on any atom is 0.242 e. The summed E-state index contributed by atoms with van der Waals surface area (Å²) in [6, 6.07) is 17.3. The van der Waals surface area contributed by atoms with Crippen molar-refractivity contribution in [2.24, 2.45) is 7.05 Å². The van der Waals surface area contributed by atoms with Crippen molar-refractivity contribution < 1.29 is 9.05 Å². The summed E-state index contributed by atoms with van der Waals surface area (Å²) >= 11 is 1.86. The van der Waals surface area contributed by atoms with E-state index < -0.39 is 0 Å². The van der Waals surface area contributed by atoms with E-state index in [1.54, 1.807) is 0 Å². The van der Waals surface area contributed by atoms with Crippen LogP contribution in [0.25, 0.3) is 15.8 Å². The molecule has 0 aliphatic carbocycles. The molecule has 4 rings (SSSR count). The highest BCUT2D eigenvalue weighted by atomic mass is 32.1. The van der Waals surface area contributed by atoms with Gasteiger partial charge >= 0.3 is 0 Å². The van der Waals surface area contributed by atoms with Crippen LogP contribution in [0.15, 0.2) is 72.6 Å². The number of allylic oxidation sites excluding steroid dienone is 2. The molecule has 30 heavy (non-hydrogen) atoms. The summed E-state index contributed by atoms with van der Waals surface area (Å²) in [6.07, 6.45) is 8.65. The number of anilines is 1. The fourth-order valence-corrected chi connectivity index (χ4v) is 5.01. The van der Waals surface area contributed by atoms with E-state index in [1.807, 2.05) is 11.3 Å². The van der Waals surface area contributed by atoms with E-state index in [4.69, 9.17) is 0 Å². The summed E-state index contributed by atoms with van der Waals surface area (Å²) in [4.78, 5) is 2.38. The summed E-state index contributed by atoms with van der Waals surface area (Å²) in [5.41, 5.74) is 8.58. The molecule has 0 spiro atoms. The Hall–Kier alpha value is -2.65. The molecule has 0 amide bonds. The molecule has 2 heterocycles. The van der Waals surface area contributed by atoms with Gasteiger partial charge in [0, 0.05) is 42.1 Å². The zero-order valence-electron chi connectivity index (χ0n) is 18.4. The zero-order chi connectivity index (χ0) is 21.1. The van der Waals surface area contributed by atoms with Crippen LogP contribution in [-0.4, -0.2) is 38.7 Å². The number of aromatic nitrogens is 1. The predicted molar refractivity (Wildman–Crippen MR) is 129 cm³/mol. The van der Waals surface area contributed by atoms with Gasteiger partial charge in [0.15, 0.2) is 0 Å². The Balaban J connectivity index is 1.55. The van der Waals surface area contributed by atoms with Crippen LogP contribution in [0.1, 0.15) is 17.0 Å². The molecule has 0 saturated carbocycles. The number of para-hydroxylation sites is 2. The summed E-state index contributed by atoms with van der Waals surface area (Å²) in [5.74, 6) is 0. The van der Waals surface area contributed by atoms with Crippen molar-refractivity contribution in [2.75, 3.05) is 39.1 Å². The monoisotopic (exact) mass is 417 g/mol. The Morgan fingerprint density at radius 2 is 1.83 bits per heavy atom. The Labute approximate surface area is 184 Å². The van der Waals surface area contributed by atoms with Crippen LogP contribution in [0.4, 0.5) is 5.69 Å². The Morgan fingerprint density at radius 1 is 1.07 bits per heavy atom. The van der Waals surface area contributed by atoms with E-state index in [-0.39, 0.29) is 0 Å². The van der Waals surface area contributed by atoms with E-state index in [2.05, 4.69) is 110 Å². The van der Waals surface area contributed by atoms with Gasteiger partial charge in [0.05, 0.1) is 34.1 Å². The molecule has 0 radical (unpaired) electrons. The van der Waals surface area contributed by atoms with Gasteiger partial charge in [-0.15, -0.1) is 5.73 Å². The molecule has 2 aromatic carbocycles. The quantitative estimate of drug-likeness (QED) is 0.313. The summed E-state index contributed by atoms with van der Waals surface area (Å²) in [7, 11) is 8.91. The Kier molecular flexibility index (Phi) is 5.92. The molecule has 3 aromatic rings. The van der Waals surface area contributed by atoms with E-state index >= 15 is 0 Å². The number of hydrogen-bond donors (Lipinski definition) is 0. The first-order chi connectivity index (χ1) is 14.4. The van der Waals surface area contributed by atoms with Gasteiger partial charge in [-0.2, -0.15) is 4.57 Å². The summed E-state index contributed by atoms with van der Waals surface area (Å²) in [5, 5.41) is 1.35. The molecule has 0 bridgehead atoms. The SMILES string of the molecule is C[n+]1c(CC=C=C2C=CN(CCC[N+](C)(C)C)c3ccccc32)sc2ccccc21. The fraction of sp³-hybridized carbons (Fsp3) is 0.308. The smallest absolute Gasteiger partial charge is 0.242 e. The lowest BCUT2D eigenvalue weighted by Crippen LogP contribution is -2.37. The highest BCUT2D eigenvalue weighted by molar-refractivity contribution is 7.18. The van der Waals surface area contributed by atoms with Gasteiger partial charge in [0.25, 0.3) is 0 Å². The van der Waals surface area contributed by atoms with E-state index in [0.717, 1.165) is 23.0 Å². The Morgan fingerprint density at radius 3 is 2.63 bits per heavy atom. The number of benzene rings is 2. The lowest BCUT2D eigenvalue weighted by molar-refractivity contribution is -0.870. The number of thiazole rings is 1. The lowest BCUT2D eigenvalue weighted by atomic mass is 10.0. The highest BCUT2D eigenvalue weighted by Gasteiger charge is 2.17. The number of quaternary nitrogens is 1. The molecule has 154 valence electrons. The largest absolute Gasteiger partial charge is 0.347 e. The summed E-state index contributed by atoms with van der Waals surface area (Å²) < 4.78 is 4.63. The molecule has 0 N–H and O–H groups in total. The van der Waals surface area contributed by atoms with Crippen LogP contribution < -0.4 is 9.47 Å². The van der Waals surface area contributed by atoms with E-state index in [9.17, 15) is 0 Å². The molecular formula is C26H31N3S+2. The highest BCUT2D eigenvalue weighted by Crippen LogP contribution is 2.32. The van der Waals surface area contributed by atoms with Crippen molar-refractivity contribution in [1.82, 2.24) is 0 Å². The van der Waals surface area contributed by atoms with Crippen LogP contribution >= 0.6 is 11.3 Å². The van der Waals surface area contributed by atoms with Gasteiger partial charge in [-0.05, 0) is 24.3 Å². The number of nitrogens with zero attached hydrogens (tertiary/aromatic N) is 3. The molecule has 1 aliphatic heterocycles. The first-order valence-corrected chi connectivity index (χ1v) is 11.4. The third kappa shape index (κ3) is 4.57. The predicted octanol–water partition coefficient (Wildman–Crippen LogP) is 4.94. The topological polar surface area (TPSA) is 7.12 Å². The van der Waals surface area contributed by atoms with Crippen molar-refractivity contribution in [3.05, 3.63) is 83.2 Å². The second kappa shape index (κ2) is 8.61. The van der Waals surface area contributed by atoms with Crippen LogP contribution in [0.2, 0.25) is 0 Å². The normalized spacial score (nSPS) is 13.5. The second-order valence-electron chi connectivity index (χ2n) is 8.88. The van der Waals surface area contributed by atoms with Crippen molar-refractivity contribution in [1.29, 1.82) is 0 Å². The molecular weight excluding hydrogens is 386 g/mol. The average Bonchev–Trinajstić information content (AvgIpc) is 3.04. The van der Waals surface area contributed by atoms with Gasteiger partial charge in [0.2, 0.25) is 10.5 Å². The standard InChI is InChI=1S/C26H31N3S/c1-27-24-14-7-8-15-25(24)30-26(27)16-9-11-21-17-19-28(18-10-20-29(2,3)4)23-13-6-5-12-22(21)23/h5-9,12-15,17,19H,10,16,18,20H2,1-4H3/q+2. The molecule has 1 aromatic heterocycles. The molecule has 3 nitrogen and oxygen atoms in total. The number of rotatable bonds is 6. The third-order valence-corrected chi connectivity index (χ3v) is 6.76. The van der Waals surface area contributed by atoms with Gasteiger partial charge in [-0.3, -0.25) is 0 Å². The first-order valence-electron chi connectivity index (χ1n) is 10.6. The van der Waals surface area contributed by atoms with Crippen LogP contribution in [0.5, 0.6) is 0 Å². The van der Waals surface area contributed by atoms with Crippen LogP contribution in [0.3, 0.4) is 0 Å². The maximum absolute atomic E-state index is 3.57.